The number of carbonyl (C=O) groups is 1. The van der Waals surface area contributed by atoms with E-state index in [-0.39, 0.29) is 23.1 Å². The fraction of sp³-hybridized carbons (Fsp3) is 0.238. The van der Waals surface area contributed by atoms with Gasteiger partial charge in [-0.2, -0.15) is 5.26 Å². The summed E-state index contributed by atoms with van der Waals surface area (Å²) in [4.78, 5) is 12.3. The van der Waals surface area contributed by atoms with Crippen LogP contribution in [-0.2, 0) is 4.79 Å². The van der Waals surface area contributed by atoms with E-state index in [0.29, 0.717) is 17.2 Å². The van der Waals surface area contributed by atoms with Crippen molar-refractivity contribution in [1.29, 1.82) is 5.26 Å². The summed E-state index contributed by atoms with van der Waals surface area (Å²) in [7, 11) is 0. The topological polar surface area (TPSA) is 82.4 Å². The summed E-state index contributed by atoms with van der Waals surface area (Å²) in [6.07, 6.45) is 3.56. The third kappa shape index (κ3) is 4.64. The Balaban J connectivity index is 1.66. The Kier molecular flexibility index (Phi) is 5.72. The van der Waals surface area contributed by atoms with E-state index >= 15 is 0 Å². The van der Waals surface area contributed by atoms with E-state index < -0.39 is 5.91 Å². The summed E-state index contributed by atoms with van der Waals surface area (Å²) in [6.45, 7) is 0. The molecule has 138 valence electrons. The molecule has 0 radical (unpaired) electrons. The third-order valence-electron chi connectivity index (χ3n) is 4.50. The molecule has 27 heavy (non-hydrogen) atoms. The molecule has 0 saturated heterocycles. The summed E-state index contributed by atoms with van der Waals surface area (Å²) in [5.41, 5.74) is 0.229. The number of rotatable bonds is 5. The lowest BCUT2D eigenvalue weighted by molar-refractivity contribution is -0.112. The normalized spacial score (nSPS) is 15.0. The van der Waals surface area contributed by atoms with E-state index in [4.69, 9.17) is 4.74 Å². The van der Waals surface area contributed by atoms with Crippen LogP contribution in [0.1, 0.15) is 25.7 Å². The van der Waals surface area contributed by atoms with Gasteiger partial charge in [0.15, 0.2) is 5.57 Å². The van der Waals surface area contributed by atoms with E-state index in [1.165, 1.54) is 24.3 Å². The van der Waals surface area contributed by atoms with Gasteiger partial charge in [-0.3, -0.25) is 4.79 Å². The van der Waals surface area contributed by atoms with Gasteiger partial charge in [-0.15, -0.1) is 0 Å². The molecule has 1 aliphatic rings. The van der Waals surface area contributed by atoms with Crippen LogP contribution in [-0.4, -0.2) is 11.0 Å². The van der Waals surface area contributed by atoms with Crippen LogP contribution in [0.5, 0.6) is 11.5 Å². The SMILES string of the molecule is N#CC(C(=O)Nc1ccc(Oc2ccc(F)cc2)cc1)=C(O)C1CCCC1. The Morgan fingerprint density at radius 1 is 1.07 bits per heavy atom. The number of halogens is 1. The Hall–Kier alpha value is -3.33. The van der Waals surface area contributed by atoms with Crippen molar-refractivity contribution in [3.8, 4) is 17.6 Å². The molecule has 5 nitrogen and oxygen atoms in total. The van der Waals surface area contributed by atoms with Crippen molar-refractivity contribution < 1.29 is 19.0 Å². The zero-order valence-electron chi connectivity index (χ0n) is 14.6. The monoisotopic (exact) mass is 366 g/mol. The average Bonchev–Trinajstić information content (AvgIpc) is 3.20. The number of hydrogen-bond donors (Lipinski definition) is 2. The molecule has 1 amide bonds. The first-order valence-electron chi connectivity index (χ1n) is 8.75. The van der Waals surface area contributed by atoms with Gasteiger partial charge in [0.05, 0.1) is 0 Å². The van der Waals surface area contributed by atoms with E-state index in [9.17, 15) is 19.6 Å². The predicted octanol–water partition coefficient (Wildman–Crippen LogP) is 5.08. The molecule has 6 heteroatoms. The molecule has 0 atom stereocenters. The van der Waals surface area contributed by atoms with Crippen LogP contribution in [0.4, 0.5) is 10.1 Å². The second kappa shape index (κ2) is 8.37. The maximum Gasteiger partial charge on any atom is 0.269 e. The molecule has 2 N–H and O–H groups in total. The fourth-order valence-electron chi connectivity index (χ4n) is 3.07. The summed E-state index contributed by atoms with van der Waals surface area (Å²) in [5, 5.41) is 22.1. The van der Waals surface area contributed by atoms with Gasteiger partial charge in [0.1, 0.15) is 29.1 Å². The molecule has 0 aliphatic heterocycles. The molecule has 1 fully saturated rings. The van der Waals surface area contributed by atoms with E-state index in [2.05, 4.69) is 5.32 Å². The Morgan fingerprint density at radius 3 is 2.19 bits per heavy atom. The number of nitrogens with zero attached hydrogens (tertiary/aromatic N) is 1. The fourth-order valence-corrected chi connectivity index (χ4v) is 3.07. The molecule has 0 unspecified atom stereocenters. The van der Waals surface area contributed by atoms with Gasteiger partial charge in [0.2, 0.25) is 0 Å². The van der Waals surface area contributed by atoms with E-state index in [1.54, 1.807) is 24.3 Å². The number of nitriles is 1. The minimum atomic E-state index is -0.630. The van der Waals surface area contributed by atoms with Gasteiger partial charge in [-0.05, 0) is 61.4 Å². The Labute approximate surface area is 156 Å². The van der Waals surface area contributed by atoms with Crippen molar-refractivity contribution in [1.82, 2.24) is 0 Å². The van der Waals surface area contributed by atoms with E-state index in [0.717, 1.165) is 25.7 Å². The van der Waals surface area contributed by atoms with Crippen LogP contribution >= 0.6 is 0 Å². The van der Waals surface area contributed by atoms with Gasteiger partial charge < -0.3 is 15.2 Å². The number of aliphatic hydroxyl groups is 1. The molecular formula is C21H19FN2O3. The first kappa shape index (κ1) is 18.5. The second-order valence-electron chi connectivity index (χ2n) is 6.39. The third-order valence-corrected chi connectivity index (χ3v) is 4.50. The average molecular weight is 366 g/mol. The summed E-state index contributed by atoms with van der Waals surface area (Å²) in [5.74, 6) is -0.203. The van der Waals surface area contributed by atoms with Crippen molar-refractivity contribution in [2.75, 3.05) is 5.32 Å². The molecule has 1 aliphatic carbocycles. The number of benzene rings is 2. The number of aliphatic hydroxyl groups excluding tert-OH is 1. The minimum absolute atomic E-state index is 0.114. The number of ether oxygens (including phenoxy) is 1. The van der Waals surface area contributed by atoms with Crippen molar-refractivity contribution in [2.45, 2.75) is 25.7 Å². The number of nitrogens with one attached hydrogen (secondary N) is 1. The molecule has 1 saturated carbocycles. The lowest BCUT2D eigenvalue weighted by Crippen LogP contribution is -2.17. The number of hydrogen-bond acceptors (Lipinski definition) is 4. The summed E-state index contributed by atoms with van der Waals surface area (Å²) in [6, 6.07) is 14.0. The summed E-state index contributed by atoms with van der Waals surface area (Å²) >= 11 is 0. The molecule has 0 bridgehead atoms. The van der Waals surface area contributed by atoms with Crippen molar-refractivity contribution >= 4 is 11.6 Å². The number of allylic oxidation sites excluding steroid dienone is 1. The highest BCUT2D eigenvalue weighted by Gasteiger charge is 2.25. The zero-order chi connectivity index (χ0) is 19.2. The van der Waals surface area contributed by atoms with Crippen LogP contribution < -0.4 is 10.1 Å². The summed E-state index contributed by atoms with van der Waals surface area (Å²) < 4.78 is 18.5. The number of carbonyl (C=O) groups excluding carboxylic acids is 1. The van der Waals surface area contributed by atoms with E-state index in [1.807, 2.05) is 6.07 Å². The quantitative estimate of drug-likeness (QED) is 0.439. The highest BCUT2D eigenvalue weighted by Crippen LogP contribution is 2.31. The first-order chi connectivity index (χ1) is 13.1. The lowest BCUT2D eigenvalue weighted by atomic mass is 10.0. The molecule has 0 heterocycles. The van der Waals surface area contributed by atoms with Gasteiger partial charge in [0, 0.05) is 11.6 Å². The molecule has 3 rings (SSSR count). The van der Waals surface area contributed by atoms with Crippen LogP contribution in [0.3, 0.4) is 0 Å². The van der Waals surface area contributed by atoms with Crippen LogP contribution in [0.2, 0.25) is 0 Å². The van der Waals surface area contributed by atoms with Gasteiger partial charge in [-0.1, -0.05) is 12.8 Å². The van der Waals surface area contributed by atoms with Crippen molar-refractivity contribution in [3.63, 3.8) is 0 Å². The smallest absolute Gasteiger partial charge is 0.269 e. The number of amides is 1. The van der Waals surface area contributed by atoms with Gasteiger partial charge in [-0.25, -0.2) is 4.39 Å². The van der Waals surface area contributed by atoms with Gasteiger partial charge in [0.25, 0.3) is 5.91 Å². The highest BCUT2D eigenvalue weighted by atomic mass is 19.1. The maximum absolute atomic E-state index is 12.9. The zero-order valence-corrected chi connectivity index (χ0v) is 14.6. The second-order valence-corrected chi connectivity index (χ2v) is 6.39. The molecule has 0 spiro atoms. The molecular weight excluding hydrogens is 347 g/mol. The Morgan fingerprint density at radius 2 is 1.63 bits per heavy atom. The van der Waals surface area contributed by atoms with Crippen LogP contribution in [0.15, 0.2) is 59.9 Å². The predicted molar refractivity (Wildman–Crippen MR) is 98.8 cm³/mol. The van der Waals surface area contributed by atoms with Gasteiger partial charge >= 0.3 is 0 Å². The maximum atomic E-state index is 12.9. The minimum Gasteiger partial charge on any atom is -0.510 e. The first-order valence-corrected chi connectivity index (χ1v) is 8.75. The molecule has 2 aromatic rings. The standard InChI is InChI=1S/C21H19FN2O3/c22-15-5-9-17(10-6-15)27-18-11-7-16(8-12-18)24-21(26)19(13-23)20(25)14-3-1-2-4-14/h5-12,14,25H,1-4H2,(H,24,26). The number of anilines is 1. The lowest BCUT2D eigenvalue weighted by Gasteiger charge is -2.11. The molecule has 2 aromatic carbocycles. The Bertz CT molecular complexity index is 877. The van der Waals surface area contributed by atoms with Crippen molar-refractivity contribution in [2.24, 2.45) is 5.92 Å². The van der Waals surface area contributed by atoms with Crippen molar-refractivity contribution in [3.05, 3.63) is 65.7 Å². The highest BCUT2D eigenvalue weighted by molar-refractivity contribution is 6.06. The largest absolute Gasteiger partial charge is 0.510 e. The van der Waals surface area contributed by atoms with Crippen LogP contribution in [0, 0.1) is 23.1 Å². The van der Waals surface area contributed by atoms with Crippen LogP contribution in [0.25, 0.3) is 0 Å². The molecule has 0 aromatic heterocycles.